The molecule has 1 N–H and O–H groups in total. The summed E-state index contributed by atoms with van der Waals surface area (Å²) in [6.45, 7) is 1.76. The third-order valence-corrected chi connectivity index (χ3v) is 5.44. The average molecular weight is 504 g/mol. The van der Waals surface area contributed by atoms with Crippen molar-refractivity contribution in [3.8, 4) is 17.3 Å². The maximum absolute atomic E-state index is 14.9. The van der Waals surface area contributed by atoms with Gasteiger partial charge >= 0.3 is 5.69 Å². The second-order valence-electron chi connectivity index (χ2n) is 8.09. The Morgan fingerprint density at radius 3 is 2.51 bits per heavy atom. The summed E-state index contributed by atoms with van der Waals surface area (Å²) < 4.78 is 37.1. The Labute approximate surface area is 207 Å². The Bertz CT molecular complexity index is 1790. The monoisotopic (exact) mass is 504 g/mol. The van der Waals surface area contributed by atoms with E-state index in [1.165, 1.54) is 42.0 Å². The van der Waals surface area contributed by atoms with Crippen LogP contribution in [0.3, 0.4) is 0 Å². The van der Waals surface area contributed by atoms with Crippen LogP contribution >= 0.6 is 0 Å². The molecule has 5 rings (SSSR count). The minimum Gasteiger partial charge on any atom is -0.436 e. The predicted molar refractivity (Wildman–Crippen MR) is 129 cm³/mol. The van der Waals surface area contributed by atoms with E-state index in [1.807, 2.05) is 0 Å². The molecule has 0 spiro atoms. The summed E-state index contributed by atoms with van der Waals surface area (Å²) in [6, 6.07) is 11.7. The number of carbonyl (C=O) groups excluding carboxylic acids is 1. The number of fused-ring (bicyclic) bond motifs is 1. The van der Waals surface area contributed by atoms with E-state index in [4.69, 9.17) is 4.74 Å². The van der Waals surface area contributed by atoms with Crippen molar-refractivity contribution in [1.82, 2.24) is 23.7 Å². The Morgan fingerprint density at radius 1 is 1.03 bits per heavy atom. The highest BCUT2D eigenvalue weighted by Gasteiger charge is 2.19. The van der Waals surface area contributed by atoms with Crippen LogP contribution in [0, 0.1) is 18.6 Å². The Kier molecular flexibility index (Phi) is 5.84. The van der Waals surface area contributed by atoms with Gasteiger partial charge in [0.2, 0.25) is 5.88 Å². The molecule has 37 heavy (non-hydrogen) atoms. The van der Waals surface area contributed by atoms with Crippen LogP contribution in [0.1, 0.15) is 16.1 Å². The maximum atomic E-state index is 14.9. The smallest absolute Gasteiger partial charge is 0.335 e. The van der Waals surface area contributed by atoms with Crippen LogP contribution in [0.4, 0.5) is 14.5 Å². The van der Waals surface area contributed by atoms with E-state index in [2.05, 4.69) is 15.4 Å². The molecule has 0 atom stereocenters. The first-order valence-electron chi connectivity index (χ1n) is 10.9. The number of halogens is 2. The van der Waals surface area contributed by atoms with Gasteiger partial charge in [-0.3, -0.25) is 9.59 Å². The van der Waals surface area contributed by atoms with Crippen molar-refractivity contribution in [3.05, 3.63) is 111 Å². The quantitative estimate of drug-likeness (QED) is 0.393. The highest BCUT2D eigenvalue weighted by Crippen LogP contribution is 2.27. The first-order chi connectivity index (χ1) is 17.7. The third-order valence-electron chi connectivity index (χ3n) is 5.44. The molecule has 3 heterocycles. The Hall–Kier alpha value is -5.13. The molecule has 0 saturated heterocycles. The first kappa shape index (κ1) is 23.6. The molecule has 0 fully saturated rings. The van der Waals surface area contributed by atoms with E-state index < -0.39 is 28.8 Å². The predicted octanol–water partition coefficient (Wildman–Crippen LogP) is 3.21. The van der Waals surface area contributed by atoms with E-state index >= 15 is 0 Å². The molecule has 186 valence electrons. The fourth-order valence-corrected chi connectivity index (χ4v) is 3.69. The van der Waals surface area contributed by atoms with E-state index in [0.29, 0.717) is 11.3 Å². The summed E-state index contributed by atoms with van der Waals surface area (Å²) in [5.41, 5.74) is -0.695. The van der Waals surface area contributed by atoms with Gasteiger partial charge in [-0.15, -0.1) is 0 Å². The van der Waals surface area contributed by atoms with Crippen molar-refractivity contribution in [2.75, 3.05) is 5.32 Å². The maximum Gasteiger partial charge on any atom is 0.335 e. The van der Waals surface area contributed by atoms with E-state index in [0.717, 1.165) is 33.5 Å². The van der Waals surface area contributed by atoms with E-state index in [1.54, 1.807) is 19.1 Å². The summed E-state index contributed by atoms with van der Waals surface area (Å²) in [4.78, 5) is 42.7. The van der Waals surface area contributed by atoms with Crippen molar-refractivity contribution in [3.63, 3.8) is 0 Å². The van der Waals surface area contributed by atoms with Gasteiger partial charge in [-0.05, 0) is 43.3 Å². The van der Waals surface area contributed by atoms with Gasteiger partial charge in [0, 0.05) is 42.8 Å². The highest BCUT2D eigenvalue weighted by atomic mass is 19.1. The zero-order valence-electron chi connectivity index (χ0n) is 19.5. The fraction of sp³-hybridized carbons (Fsp3) is 0.0800. The summed E-state index contributed by atoms with van der Waals surface area (Å²) in [6.07, 6.45) is 2.61. The zero-order chi connectivity index (χ0) is 26.3. The third kappa shape index (κ3) is 4.47. The molecule has 3 aromatic heterocycles. The summed E-state index contributed by atoms with van der Waals surface area (Å²) in [5.74, 6) is -2.08. The molecule has 0 aliphatic carbocycles. The van der Waals surface area contributed by atoms with Crippen LogP contribution in [-0.2, 0) is 7.05 Å². The second kappa shape index (κ2) is 9.15. The minimum absolute atomic E-state index is 0.0478. The summed E-state index contributed by atoms with van der Waals surface area (Å²) in [7, 11) is 1.36. The normalized spacial score (nSPS) is 11.0. The van der Waals surface area contributed by atoms with Crippen molar-refractivity contribution >= 4 is 17.2 Å². The minimum atomic E-state index is -0.913. The summed E-state index contributed by atoms with van der Waals surface area (Å²) in [5, 5.41) is 6.56. The molecule has 0 unspecified atom stereocenters. The van der Waals surface area contributed by atoms with Crippen LogP contribution in [0.5, 0.6) is 11.6 Å². The highest BCUT2D eigenvalue weighted by molar-refractivity contribution is 6.03. The van der Waals surface area contributed by atoms with Crippen molar-refractivity contribution in [1.29, 1.82) is 0 Å². The number of aromatic nitrogens is 5. The molecule has 0 aliphatic heterocycles. The molecule has 0 aliphatic rings. The van der Waals surface area contributed by atoms with Crippen LogP contribution in [0.2, 0.25) is 0 Å². The first-order valence-corrected chi connectivity index (χ1v) is 10.9. The van der Waals surface area contributed by atoms with Gasteiger partial charge in [-0.1, -0.05) is 0 Å². The second-order valence-corrected chi connectivity index (χ2v) is 8.09. The lowest BCUT2D eigenvalue weighted by Crippen LogP contribution is -2.41. The molecule has 10 nitrogen and oxygen atoms in total. The van der Waals surface area contributed by atoms with Crippen molar-refractivity contribution in [2.24, 2.45) is 7.05 Å². The van der Waals surface area contributed by atoms with Gasteiger partial charge in [0.05, 0.1) is 11.9 Å². The number of benzene rings is 2. The number of aryl methyl sites for hydroxylation is 2. The van der Waals surface area contributed by atoms with E-state index in [9.17, 15) is 23.2 Å². The van der Waals surface area contributed by atoms with Gasteiger partial charge in [-0.25, -0.2) is 23.1 Å². The zero-order valence-corrected chi connectivity index (χ0v) is 19.5. The molecule has 0 saturated carbocycles. The number of nitrogens with one attached hydrogen (secondary N) is 1. The van der Waals surface area contributed by atoms with Gasteiger partial charge in [0.25, 0.3) is 11.5 Å². The van der Waals surface area contributed by atoms with Crippen LogP contribution in [0.25, 0.3) is 11.3 Å². The largest absolute Gasteiger partial charge is 0.436 e. The number of hydrogen-bond donors (Lipinski definition) is 1. The molecular formula is C25H18F2N6O4. The van der Waals surface area contributed by atoms with Gasteiger partial charge in [0.1, 0.15) is 11.4 Å². The van der Waals surface area contributed by atoms with Crippen LogP contribution < -0.4 is 21.3 Å². The number of carbonyl (C=O) groups is 1. The number of nitrogens with zero attached hydrogens (tertiary/aromatic N) is 5. The number of rotatable bonds is 5. The average Bonchev–Trinajstić information content (AvgIpc) is 3.33. The standard InChI is InChI=1S/C25H18F2N6O4/c1-14-11-22(33-21(29-14)9-10-28-33)37-20-8-5-16(12-19(20)27)30-23(34)18-13-31(2)25(36)32(24(18)35)17-6-3-15(26)4-7-17/h3-13H,1-2H3,(H,30,34). The number of anilines is 1. The molecule has 12 heteroatoms. The number of amides is 1. The van der Waals surface area contributed by atoms with Gasteiger partial charge in [0.15, 0.2) is 17.2 Å². The SMILES string of the molecule is Cc1cc(Oc2ccc(NC(=O)c3cn(C)c(=O)n(-c4ccc(F)cc4)c3=O)cc2F)n2nccc2n1. The molecule has 5 aromatic rings. The Morgan fingerprint density at radius 2 is 1.78 bits per heavy atom. The lowest BCUT2D eigenvalue weighted by atomic mass is 10.2. The Balaban J connectivity index is 1.43. The van der Waals surface area contributed by atoms with Crippen LogP contribution in [0.15, 0.2) is 76.6 Å². The lowest BCUT2D eigenvalue weighted by Gasteiger charge is -2.12. The van der Waals surface area contributed by atoms with Crippen molar-refractivity contribution < 1.29 is 18.3 Å². The molecule has 2 aromatic carbocycles. The molecular weight excluding hydrogens is 486 g/mol. The van der Waals surface area contributed by atoms with Gasteiger partial charge < -0.3 is 14.6 Å². The van der Waals surface area contributed by atoms with Crippen molar-refractivity contribution in [2.45, 2.75) is 6.92 Å². The number of hydrogen-bond acceptors (Lipinski definition) is 6. The van der Waals surface area contributed by atoms with Crippen LogP contribution in [-0.4, -0.2) is 29.6 Å². The number of ether oxygens (including phenoxy) is 1. The van der Waals surface area contributed by atoms with E-state index in [-0.39, 0.29) is 28.6 Å². The fourth-order valence-electron chi connectivity index (χ4n) is 3.69. The molecule has 0 bridgehead atoms. The topological polar surface area (TPSA) is 113 Å². The molecule has 1 amide bonds. The molecule has 0 radical (unpaired) electrons. The summed E-state index contributed by atoms with van der Waals surface area (Å²) >= 11 is 0. The lowest BCUT2D eigenvalue weighted by molar-refractivity contribution is 0.102. The van der Waals surface area contributed by atoms with Gasteiger partial charge in [-0.2, -0.15) is 9.61 Å².